The maximum atomic E-state index is 12.1. The molecule has 0 spiro atoms. The number of hydrogen-bond acceptors (Lipinski definition) is 5. The second kappa shape index (κ2) is 8.14. The molecule has 1 aromatic heterocycles. The summed E-state index contributed by atoms with van der Waals surface area (Å²) in [6, 6.07) is 10.3. The normalized spacial score (nSPS) is 13.6. The Morgan fingerprint density at radius 3 is 2.76 bits per heavy atom. The number of thioether (sulfide) groups is 1. The summed E-state index contributed by atoms with van der Waals surface area (Å²) >= 11 is 2.90. The number of nitrogens with one attached hydrogen (secondary N) is 1. The van der Waals surface area contributed by atoms with Gasteiger partial charge in [-0.25, -0.2) is 0 Å². The van der Waals surface area contributed by atoms with Crippen LogP contribution in [0, 0.1) is 0 Å². The molecule has 0 unspecified atom stereocenters. The van der Waals surface area contributed by atoms with Crippen LogP contribution in [0.4, 0.5) is 0 Å². The molecule has 2 atom stereocenters. The molecule has 0 aliphatic heterocycles. The van der Waals surface area contributed by atoms with E-state index in [4.69, 9.17) is 0 Å². The third-order valence-electron chi connectivity index (χ3n) is 3.27. The minimum absolute atomic E-state index is 0.0459. The van der Waals surface area contributed by atoms with Crippen LogP contribution in [0.1, 0.15) is 31.7 Å². The van der Waals surface area contributed by atoms with Gasteiger partial charge >= 0.3 is 0 Å². The van der Waals surface area contributed by atoms with Gasteiger partial charge in [0, 0.05) is 12.5 Å². The third-order valence-corrected chi connectivity index (χ3v) is 5.18. The Labute approximate surface area is 133 Å². The van der Waals surface area contributed by atoms with Crippen LogP contribution in [0.2, 0.25) is 0 Å². The lowest BCUT2D eigenvalue weighted by atomic mass is 9.96. The van der Waals surface area contributed by atoms with E-state index in [1.807, 2.05) is 25.1 Å². The van der Waals surface area contributed by atoms with Gasteiger partial charge in [0.1, 0.15) is 5.51 Å². The molecule has 0 bridgehead atoms. The van der Waals surface area contributed by atoms with Crippen molar-refractivity contribution in [1.82, 2.24) is 15.5 Å². The Morgan fingerprint density at radius 1 is 1.38 bits per heavy atom. The first kappa shape index (κ1) is 16.0. The highest BCUT2D eigenvalue weighted by atomic mass is 32.2. The van der Waals surface area contributed by atoms with E-state index in [1.165, 1.54) is 28.7 Å². The summed E-state index contributed by atoms with van der Waals surface area (Å²) < 4.78 is 0.827. The molecule has 0 saturated heterocycles. The Morgan fingerprint density at radius 2 is 2.14 bits per heavy atom. The van der Waals surface area contributed by atoms with Crippen molar-refractivity contribution in [2.45, 2.75) is 35.8 Å². The minimum atomic E-state index is -0.161. The maximum absolute atomic E-state index is 12.1. The zero-order valence-electron chi connectivity index (χ0n) is 12.2. The quantitative estimate of drug-likeness (QED) is 0.795. The van der Waals surface area contributed by atoms with Gasteiger partial charge in [-0.05, 0) is 18.9 Å². The van der Waals surface area contributed by atoms with Crippen LogP contribution in [-0.2, 0) is 4.79 Å². The first-order valence-corrected chi connectivity index (χ1v) is 8.72. The highest BCUT2D eigenvalue weighted by molar-refractivity contribution is 8.02. The third kappa shape index (κ3) is 4.82. The van der Waals surface area contributed by atoms with Gasteiger partial charge in [-0.2, -0.15) is 0 Å². The Kier molecular flexibility index (Phi) is 6.20. The molecule has 2 rings (SSSR count). The van der Waals surface area contributed by atoms with Gasteiger partial charge in [0.2, 0.25) is 5.91 Å². The molecule has 0 radical (unpaired) electrons. The van der Waals surface area contributed by atoms with Crippen molar-refractivity contribution in [3.63, 3.8) is 0 Å². The van der Waals surface area contributed by atoms with Gasteiger partial charge < -0.3 is 5.32 Å². The minimum Gasteiger partial charge on any atom is -0.355 e. The molecule has 1 heterocycles. The summed E-state index contributed by atoms with van der Waals surface area (Å²) in [6.07, 6.45) is 1.00. The topological polar surface area (TPSA) is 54.9 Å². The van der Waals surface area contributed by atoms with Crippen LogP contribution in [0.15, 0.2) is 40.2 Å². The van der Waals surface area contributed by atoms with Crippen LogP contribution in [0.3, 0.4) is 0 Å². The van der Waals surface area contributed by atoms with Crippen molar-refractivity contribution in [2.75, 3.05) is 6.54 Å². The fourth-order valence-electron chi connectivity index (χ4n) is 2.01. The average Bonchev–Trinajstić information content (AvgIpc) is 3.01. The lowest BCUT2D eigenvalue weighted by Crippen LogP contribution is -2.34. The summed E-state index contributed by atoms with van der Waals surface area (Å²) in [5, 5.41) is 10.6. The molecular weight excluding hydrogens is 302 g/mol. The number of rotatable bonds is 7. The van der Waals surface area contributed by atoms with E-state index in [-0.39, 0.29) is 11.2 Å². The van der Waals surface area contributed by atoms with E-state index in [0.29, 0.717) is 12.5 Å². The number of amides is 1. The van der Waals surface area contributed by atoms with Gasteiger partial charge in [0.05, 0.1) is 5.25 Å². The molecule has 0 fully saturated rings. The first-order chi connectivity index (χ1) is 10.2. The second-order valence-corrected chi connectivity index (χ2v) is 7.15. The largest absolute Gasteiger partial charge is 0.355 e. The zero-order valence-corrected chi connectivity index (χ0v) is 13.8. The highest BCUT2D eigenvalue weighted by Gasteiger charge is 2.17. The number of carbonyl (C=O) groups excluding carboxylic acids is 1. The standard InChI is InChI=1S/C15H19N3OS2/c1-3-12(13-7-5-4-6-8-13)9-16-14(19)11(2)21-15-18-17-10-20-15/h4-8,10-12H,3,9H2,1-2H3,(H,16,19)/t11-,12-/m0/s1. The number of hydrogen-bond donors (Lipinski definition) is 1. The highest BCUT2D eigenvalue weighted by Crippen LogP contribution is 2.24. The SMILES string of the molecule is CC[C@@H](CNC(=O)[C@H](C)Sc1nncs1)c1ccccc1. The van der Waals surface area contributed by atoms with E-state index in [9.17, 15) is 4.79 Å². The van der Waals surface area contributed by atoms with E-state index in [0.717, 1.165) is 10.8 Å². The van der Waals surface area contributed by atoms with Crippen LogP contribution in [0.5, 0.6) is 0 Å². The molecule has 6 heteroatoms. The van der Waals surface area contributed by atoms with Crippen molar-refractivity contribution < 1.29 is 4.79 Å². The number of aromatic nitrogens is 2. The van der Waals surface area contributed by atoms with Crippen molar-refractivity contribution in [2.24, 2.45) is 0 Å². The van der Waals surface area contributed by atoms with Crippen molar-refractivity contribution >= 4 is 29.0 Å². The van der Waals surface area contributed by atoms with Gasteiger partial charge in [0.25, 0.3) is 0 Å². The first-order valence-electron chi connectivity index (χ1n) is 6.96. The molecule has 21 heavy (non-hydrogen) atoms. The van der Waals surface area contributed by atoms with Crippen LogP contribution in [0.25, 0.3) is 0 Å². The molecule has 1 N–H and O–H groups in total. The number of nitrogens with zero attached hydrogens (tertiary/aromatic N) is 2. The predicted octanol–water partition coefficient (Wildman–Crippen LogP) is 3.33. The maximum Gasteiger partial charge on any atom is 0.233 e. The fraction of sp³-hybridized carbons (Fsp3) is 0.400. The predicted molar refractivity (Wildman–Crippen MR) is 87.7 cm³/mol. The van der Waals surface area contributed by atoms with E-state index < -0.39 is 0 Å². The molecule has 1 amide bonds. The van der Waals surface area contributed by atoms with Gasteiger partial charge in [0.15, 0.2) is 4.34 Å². The van der Waals surface area contributed by atoms with Gasteiger partial charge in [-0.1, -0.05) is 60.4 Å². The Balaban J connectivity index is 1.84. The van der Waals surface area contributed by atoms with E-state index in [1.54, 1.807) is 5.51 Å². The van der Waals surface area contributed by atoms with Crippen LogP contribution < -0.4 is 5.32 Å². The lowest BCUT2D eigenvalue weighted by molar-refractivity contribution is -0.120. The summed E-state index contributed by atoms with van der Waals surface area (Å²) in [7, 11) is 0. The molecule has 0 saturated carbocycles. The molecule has 4 nitrogen and oxygen atoms in total. The molecule has 112 valence electrons. The van der Waals surface area contributed by atoms with E-state index >= 15 is 0 Å². The molecule has 2 aromatic rings. The monoisotopic (exact) mass is 321 g/mol. The Hall–Kier alpha value is -1.40. The molecule has 0 aliphatic carbocycles. The van der Waals surface area contributed by atoms with Crippen LogP contribution >= 0.6 is 23.1 Å². The zero-order chi connectivity index (χ0) is 15.1. The van der Waals surface area contributed by atoms with Crippen molar-refractivity contribution in [3.05, 3.63) is 41.4 Å². The molecule has 1 aromatic carbocycles. The van der Waals surface area contributed by atoms with Crippen LogP contribution in [-0.4, -0.2) is 27.9 Å². The summed E-state index contributed by atoms with van der Waals surface area (Å²) in [4.78, 5) is 12.1. The fourth-order valence-corrected chi connectivity index (χ4v) is 3.66. The van der Waals surface area contributed by atoms with Gasteiger partial charge in [-0.3, -0.25) is 4.79 Å². The number of carbonyl (C=O) groups is 1. The van der Waals surface area contributed by atoms with Crippen molar-refractivity contribution in [3.8, 4) is 0 Å². The summed E-state index contributed by atoms with van der Waals surface area (Å²) in [5.41, 5.74) is 2.94. The number of benzene rings is 1. The molecular formula is C15H19N3OS2. The Bertz CT molecular complexity index is 545. The lowest BCUT2D eigenvalue weighted by Gasteiger charge is -2.17. The summed E-state index contributed by atoms with van der Waals surface area (Å²) in [5.74, 6) is 0.401. The summed E-state index contributed by atoms with van der Waals surface area (Å²) in [6.45, 7) is 4.70. The van der Waals surface area contributed by atoms with Gasteiger partial charge in [-0.15, -0.1) is 10.2 Å². The van der Waals surface area contributed by atoms with E-state index in [2.05, 4.69) is 34.6 Å². The average molecular weight is 321 g/mol. The van der Waals surface area contributed by atoms with Crippen molar-refractivity contribution in [1.29, 1.82) is 0 Å². The molecule has 0 aliphatic rings. The second-order valence-electron chi connectivity index (χ2n) is 4.73. The smallest absolute Gasteiger partial charge is 0.233 e.